The average Bonchev–Trinajstić information content (AvgIpc) is 2.67. The minimum absolute atomic E-state index is 0.171. The molecule has 0 radical (unpaired) electrons. The van der Waals surface area contributed by atoms with Crippen LogP contribution in [0.25, 0.3) is 0 Å². The monoisotopic (exact) mass is 401 g/mol. The van der Waals surface area contributed by atoms with Gasteiger partial charge in [0.1, 0.15) is 12.3 Å². The molecule has 1 aliphatic rings. The maximum atomic E-state index is 9.28. The van der Waals surface area contributed by atoms with Gasteiger partial charge < -0.3 is 14.7 Å². The summed E-state index contributed by atoms with van der Waals surface area (Å²) in [5.41, 5.74) is 1.93. The van der Waals surface area contributed by atoms with Gasteiger partial charge in [0, 0.05) is 17.3 Å². The Hall–Kier alpha value is -1.62. The molecule has 0 bridgehead atoms. The zero-order valence-electron chi connectivity index (χ0n) is 14.4. The molecule has 0 fully saturated rings. The third kappa shape index (κ3) is 4.14. The van der Waals surface area contributed by atoms with Crippen molar-refractivity contribution in [3.63, 3.8) is 0 Å². The maximum Gasteiger partial charge on any atom is 0.120 e. The minimum Gasteiger partial charge on any atom is -0.396 e. The van der Waals surface area contributed by atoms with Crippen molar-refractivity contribution in [2.45, 2.75) is 31.4 Å². The number of aliphatic hydroxyl groups excluding tert-OH is 1. The molecule has 132 valence electrons. The Balaban J connectivity index is 1.81. The van der Waals surface area contributed by atoms with Crippen LogP contribution in [0.4, 0.5) is 0 Å². The van der Waals surface area contributed by atoms with Crippen LogP contribution in [0.15, 0.2) is 71.3 Å². The molecule has 1 aliphatic heterocycles. The summed E-state index contributed by atoms with van der Waals surface area (Å²) in [6.07, 6.45) is 5.75. The predicted molar refractivity (Wildman–Crippen MR) is 104 cm³/mol. The summed E-state index contributed by atoms with van der Waals surface area (Å²) in [4.78, 5) is 2.20. The minimum atomic E-state index is -0.458. The summed E-state index contributed by atoms with van der Waals surface area (Å²) in [5.74, 6) is 0. The van der Waals surface area contributed by atoms with Gasteiger partial charge in [-0.05, 0) is 49.1 Å². The van der Waals surface area contributed by atoms with E-state index in [2.05, 4.69) is 76.4 Å². The summed E-state index contributed by atoms with van der Waals surface area (Å²) in [6.45, 7) is 2.87. The van der Waals surface area contributed by atoms with Gasteiger partial charge >= 0.3 is 0 Å². The molecule has 0 saturated carbocycles. The van der Waals surface area contributed by atoms with Gasteiger partial charge in [-0.1, -0.05) is 58.4 Å². The number of ether oxygens (including phenoxy) is 1. The molecule has 0 saturated heterocycles. The van der Waals surface area contributed by atoms with Crippen LogP contribution < -0.4 is 0 Å². The second-order valence-electron chi connectivity index (χ2n) is 6.41. The van der Waals surface area contributed by atoms with Gasteiger partial charge in [-0.25, -0.2) is 0 Å². The first-order chi connectivity index (χ1) is 12.1. The van der Waals surface area contributed by atoms with Gasteiger partial charge in [0.25, 0.3) is 0 Å². The normalized spacial score (nSPS) is 21.3. The van der Waals surface area contributed by atoms with E-state index in [-0.39, 0.29) is 12.6 Å². The lowest BCUT2D eigenvalue weighted by atomic mass is 9.88. The summed E-state index contributed by atoms with van der Waals surface area (Å²) in [6, 6.07) is 18.9. The molecule has 1 N–H and O–H groups in total. The number of halogens is 1. The third-order valence-corrected chi connectivity index (χ3v) is 5.35. The topological polar surface area (TPSA) is 32.7 Å². The molecule has 0 aliphatic carbocycles. The quantitative estimate of drug-likeness (QED) is 0.740. The molecule has 2 aromatic rings. The fourth-order valence-electron chi connectivity index (χ4n) is 3.21. The van der Waals surface area contributed by atoms with E-state index < -0.39 is 5.60 Å². The van der Waals surface area contributed by atoms with Gasteiger partial charge in [0.05, 0.1) is 6.04 Å². The molecular formula is C21H24BrNO2. The second-order valence-corrected chi connectivity index (χ2v) is 7.33. The van der Waals surface area contributed by atoms with Crippen molar-refractivity contribution >= 4 is 15.9 Å². The lowest BCUT2D eigenvalue weighted by Gasteiger charge is -2.40. The van der Waals surface area contributed by atoms with Crippen LogP contribution in [0, 0.1) is 0 Å². The number of hydrogen-bond acceptors (Lipinski definition) is 3. The zero-order valence-corrected chi connectivity index (χ0v) is 16.0. The molecule has 0 aromatic heterocycles. The molecular weight excluding hydrogens is 378 g/mol. The SMILES string of the molecule is C[C@@H](c1ccc(Br)cc1)N1C=CC(CCCO)(c2ccccc2)OC1. The number of rotatable bonds is 6. The van der Waals surface area contributed by atoms with Crippen molar-refractivity contribution in [3.05, 3.63) is 82.5 Å². The van der Waals surface area contributed by atoms with E-state index in [0.717, 1.165) is 16.5 Å². The highest BCUT2D eigenvalue weighted by Crippen LogP contribution is 2.37. The summed E-state index contributed by atoms with van der Waals surface area (Å²) < 4.78 is 7.44. The summed E-state index contributed by atoms with van der Waals surface area (Å²) in [7, 11) is 0. The number of hydrogen-bond donors (Lipinski definition) is 1. The molecule has 2 atom stereocenters. The molecule has 2 aromatic carbocycles. The Morgan fingerprint density at radius 1 is 1.16 bits per heavy atom. The van der Waals surface area contributed by atoms with Crippen LogP contribution in [-0.4, -0.2) is 23.3 Å². The van der Waals surface area contributed by atoms with E-state index in [4.69, 9.17) is 4.74 Å². The molecule has 0 amide bonds. The molecule has 25 heavy (non-hydrogen) atoms. The Morgan fingerprint density at radius 3 is 2.48 bits per heavy atom. The van der Waals surface area contributed by atoms with E-state index in [0.29, 0.717) is 13.2 Å². The van der Waals surface area contributed by atoms with Crippen LogP contribution in [0.2, 0.25) is 0 Å². The van der Waals surface area contributed by atoms with Gasteiger partial charge in [0.15, 0.2) is 0 Å². The van der Waals surface area contributed by atoms with Gasteiger partial charge in [-0.3, -0.25) is 0 Å². The zero-order chi connectivity index (χ0) is 17.7. The first kappa shape index (κ1) is 18.2. The molecule has 3 nitrogen and oxygen atoms in total. The number of aliphatic hydroxyl groups is 1. The molecule has 4 heteroatoms. The lowest BCUT2D eigenvalue weighted by Crippen LogP contribution is -2.38. The lowest BCUT2D eigenvalue weighted by molar-refractivity contribution is -0.0887. The van der Waals surface area contributed by atoms with Crippen molar-refractivity contribution < 1.29 is 9.84 Å². The Bertz CT molecular complexity index is 702. The van der Waals surface area contributed by atoms with Crippen molar-refractivity contribution in [1.82, 2.24) is 4.90 Å². The van der Waals surface area contributed by atoms with E-state index in [9.17, 15) is 5.11 Å². The second kappa shape index (κ2) is 8.17. The summed E-state index contributed by atoms with van der Waals surface area (Å²) in [5, 5.41) is 9.28. The molecule has 0 spiro atoms. The van der Waals surface area contributed by atoms with Crippen molar-refractivity contribution in [3.8, 4) is 0 Å². The van der Waals surface area contributed by atoms with Crippen LogP contribution in [-0.2, 0) is 10.3 Å². The van der Waals surface area contributed by atoms with Crippen LogP contribution in [0.5, 0.6) is 0 Å². The number of benzene rings is 2. The van der Waals surface area contributed by atoms with Gasteiger partial charge in [-0.15, -0.1) is 0 Å². The molecule has 1 unspecified atom stereocenters. The maximum absolute atomic E-state index is 9.28. The van der Waals surface area contributed by atoms with E-state index in [1.165, 1.54) is 5.56 Å². The Labute approximate surface area is 158 Å². The van der Waals surface area contributed by atoms with E-state index in [1.807, 2.05) is 18.2 Å². The largest absolute Gasteiger partial charge is 0.396 e. The third-order valence-electron chi connectivity index (χ3n) is 4.83. The Kier molecular flexibility index (Phi) is 5.94. The molecule has 3 rings (SSSR count). The smallest absolute Gasteiger partial charge is 0.120 e. The average molecular weight is 402 g/mol. The van der Waals surface area contributed by atoms with Crippen LogP contribution >= 0.6 is 15.9 Å². The fraction of sp³-hybridized carbons (Fsp3) is 0.333. The Morgan fingerprint density at radius 2 is 1.88 bits per heavy atom. The van der Waals surface area contributed by atoms with Gasteiger partial charge in [-0.2, -0.15) is 0 Å². The predicted octanol–water partition coefficient (Wildman–Crippen LogP) is 4.98. The van der Waals surface area contributed by atoms with Crippen molar-refractivity contribution in [2.75, 3.05) is 13.3 Å². The first-order valence-corrected chi connectivity index (χ1v) is 9.45. The fourth-order valence-corrected chi connectivity index (χ4v) is 3.48. The van der Waals surface area contributed by atoms with Crippen molar-refractivity contribution in [1.29, 1.82) is 0 Å². The summed E-state index contributed by atoms with van der Waals surface area (Å²) >= 11 is 3.48. The first-order valence-electron chi connectivity index (χ1n) is 8.65. The van der Waals surface area contributed by atoms with E-state index >= 15 is 0 Å². The van der Waals surface area contributed by atoms with Gasteiger partial charge in [0.2, 0.25) is 0 Å². The highest BCUT2D eigenvalue weighted by molar-refractivity contribution is 9.10. The highest BCUT2D eigenvalue weighted by atomic mass is 79.9. The highest BCUT2D eigenvalue weighted by Gasteiger charge is 2.34. The van der Waals surface area contributed by atoms with Crippen LogP contribution in [0.1, 0.15) is 36.9 Å². The standard InChI is InChI=1S/C21H24BrNO2/c1-17(18-8-10-20(22)11-9-18)23-14-13-21(25-16-23,12-5-15-24)19-6-3-2-4-7-19/h2-4,6-11,13-14,17,24H,5,12,15-16H2,1H3/t17-,21?/m0/s1. The number of nitrogens with zero attached hydrogens (tertiary/aromatic N) is 1. The molecule has 1 heterocycles. The van der Waals surface area contributed by atoms with E-state index in [1.54, 1.807) is 0 Å². The van der Waals surface area contributed by atoms with Crippen LogP contribution in [0.3, 0.4) is 0 Å². The van der Waals surface area contributed by atoms with Crippen molar-refractivity contribution in [2.24, 2.45) is 0 Å².